The average molecular weight is 592 g/mol. The van der Waals surface area contributed by atoms with Crippen LogP contribution in [0.5, 0.6) is 0 Å². The second-order valence-corrected chi connectivity index (χ2v) is 9.83. The number of rotatable bonds is 6. The average Bonchev–Trinajstić information content (AvgIpc) is 3.34. The Labute approximate surface area is 221 Å². The summed E-state index contributed by atoms with van der Waals surface area (Å²) < 4.78 is 78.1. The fraction of sp³-hybridized carbons (Fsp3) is 0.143. The number of nitro benzene ring substituents is 2. The number of allylic oxidation sites excluding steroid dienone is 2. The van der Waals surface area contributed by atoms with Crippen molar-refractivity contribution in [2.45, 2.75) is 22.1 Å². The van der Waals surface area contributed by atoms with Crippen molar-refractivity contribution in [1.82, 2.24) is 0 Å². The zero-order valence-electron chi connectivity index (χ0n) is 18.6. The minimum absolute atomic E-state index is 0.0816. The first-order valence-corrected chi connectivity index (χ1v) is 11.8. The summed E-state index contributed by atoms with van der Waals surface area (Å²) in [5.74, 6) is -4.51. The summed E-state index contributed by atoms with van der Waals surface area (Å²) in [6, 6.07) is 6.55. The number of non-ortho nitro benzene ring substituents is 2. The molecule has 2 aromatic carbocycles. The molecule has 0 aromatic heterocycles. The van der Waals surface area contributed by atoms with Gasteiger partial charge in [-0.05, 0) is 12.1 Å². The minimum atomic E-state index is -5.26. The number of halogens is 6. The highest BCUT2D eigenvalue weighted by molar-refractivity contribution is 8.04. The first-order valence-electron chi connectivity index (χ1n) is 10.2. The van der Waals surface area contributed by atoms with Crippen molar-refractivity contribution in [2.75, 3.05) is 16.5 Å². The summed E-state index contributed by atoms with van der Waals surface area (Å²) in [6.45, 7) is -0.566. The third-order valence-corrected chi connectivity index (χ3v) is 7.39. The fourth-order valence-corrected chi connectivity index (χ4v) is 5.69. The van der Waals surface area contributed by atoms with E-state index in [1.165, 1.54) is 12.1 Å². The molecule has 204 valence electrons. The lowest BCUT2D eigenvalue weighted by Gasteiger charge is -2.29. The van der Waals surface area contributed by atoms with Crippen LogP contribution in [0.2, 0.25) is 0 Å². The molecule has 2 aromatic rings. The molecule has 2 aliphatic heterocycles. The summed E-state index contributed by atoms with van der Waals surface area (Å²) in [7, 11) is 0. The number of carbonyl (C=O) groups excluding carboxylic acids is 2. The summed E-state index contributed by atoms with van der Waals surface area (Å²) in [5, 5.41) is 21.6. The number of alkyl halides is 6. The predicted molar refractivity (Wildman–Crippen MR) is 126 cm³/mol. The molecule has 39 heavy (non-hydrogen) atoms. The van der Waals surface area contributed by atoms with E-state index >= 15 is 0 Å². The van der Waals surface area contributed by atoms with Crippen molar-refractivity contribution in [1.29, 1.82) is 0 Å². The van der Waals surface area contributed by atoms with Crippen LogP contribution in [0.3, 0.4) is 0 Å². The summed E-state index contributed by atoms with van der Waals surface area (Å²) in [5.41, 5.74) is -0.631. The second-order valence-electron chi connectivity index (χ2n) is 7.71. The van der Waals surface area contributed by atoms with Gasteiger partial charge in [0.15, 0.2) is 0 Å². The molecule has 0 radical (unpaired) electrons. The Hall–Kier alpha value is -4.06. The van der Waals surface area contributed by atoms with Crippen molar-refractivity contribution in [3.8, 4) is 0 Å². The van der Waals surface area contributed by atoms with Crippen LogP contribution in [0.1, 0.15) is 0 Å². The van der Waals surface area contributed by atoms with E-state index < -0.39 is 51.8 Å². The highest BCUT2D eigenvalue weighted by Gasteiger charge is 2.41. The SMILES string of the molecule is O=C(/C=C1/Sc2cc([N+](=O)[O-])ccc2N1CN1/C(=C\C(=O)C(F)(F)F)Sc2cc([N+](=O)[O-])ccc21)C(F)(F)F. The second kappa shape index (κ2) is 9.92. The Bertz CT molecular complexity index is 1380. The van der Waals surface area contributed by atoms with Crippen molar-refractivity contribution >= 4 is 57.8 Å². The molecule has 10 nitrogen and oxygen atoms in total. The van der Waals surface area contributed by atoms with E-state index in [0.717, 1.165) is 34.1 Å². The van der Waals surface area contributed by atoms with Gasteiger partial charge in [-0.3, -0.25) is 29.8 Å². The number of hydrogen-bond acceptors (Lipinski definition) is 10. The fourth-order valence-electron chi connectivity index (χ4n) is 3.45. The molecule has 0 amide bonds. The Morgan fingerprint density at radius 3 is 1.41 bits per heavy atom. The molecule has 0 saturated heterocycles. The van der Waals surface area contributed by atoms with E-state index in [1.807, 2.05) is 0 Å². The van der Waals surface area contributed by atoms with E-state index in [4.69, 9.17) is 0 Å². The van der Waals surface area contributed by atoms with Crippen LogP contribution in [0.4, 0.5) is 49.1 Å². The third-order valence-electron chi connectivity index (χ3n) is 5.20. The van der Waals surface area contributed by atoms with Gasteiger partial charge in [-0.2, -0.15) is 26.3 Å². The lowest BCUT2D eigenvalue weighted by atomic mass is 10.2. The Kier molecular flexibility index (Phi) is 7.11. The molecule has 4 rings (SSSR count). The lowest BCUT2D eigenvalue weighted by molar-refractivity contribution is -0.385. The molecular weight excluding hydrogens is 582 g/mol. The molecule has 2 heterocycles. The number of thioether (sulfide) groups is 2. The topological polar surface area (TPSA) is 127 Å². The van der Waals surface area contributed by atoms with Gasteiger partial charge in [0.05, 0.1) is 31.3 Å². The summed E-state index contributed by atoms with van der Waals surface area (Å²) >= 11 is 1.17. The third kappa shape index (κ3) is 5.70. The van der Waals surface area contributed by atoms with E-state index in [-0.39, 0.29) is 43.4 Å². The van der Waals surface area contributed by atoms with Gasteiger partial charge in [-0.15, -0.1) is 0 Å². The quantitative estimate of drug-likeness (QED) is 0.172. The highest BCUT2D eigenvalue weighted by Crippen LogP contribution is 2.51. The number of carbonyl (C=O) groups is 2. The number of ketones is 2. The van der Waals surface area contributed by atoms with Gasteiger partial charge in [0, 0.05) is 46.2 Å². The van der Waals surface area contributed by atoms with Gasteiger partial charge in [0.2, 0.25) is 0 Å². The molecule has 0 aliphatic carbocycles. The largest absolute Gasteiger partial charge is 0.454 e. The molecule has 18 heteroatoms. The van der Waals surface area contributed by atoms with Crippen molar-refractivity contribution in [2.24, 2.45) is 0 Å². The molecule has 2 aliphatic rings. The van der Waals surface area contributed by atoms with Crippen LogP contribution >= 0.6 is 23.5 Å². The number of anilines is 2. The smallest absolute Gasteiger partial charge is 0.316 e. The van der Waals surface area contributed by atoms with Crippen LogP contribution in [0.25, 0.3) is 0 Å². The number of nitrogens with zero attached hydrogens (tertiary/aromatic N) is 4. The van der Waals surface area contributed by atoms with Crippen LogP contribution in [-0.4, -0.2) is 40.4 Å². The lowest BCUT2D eigenvalue weighted by Crippen LogP contribution is -2.35. The standard InChI is InChI=1S/C21H10F6N4O6S2/c22-20(23,24)16(32)7-18-28(12-3-1-10(30(34)35)5-14(12)38-18)9-29-13-4-2-11(31(36)37)6-15(13)39-19(29)8-17(33)21(25,26)27/h1-8H,9H2/b18-7+,19-8+. The highest BCUT2D eigenvalue weighted by atomic mass is 32.2. The first-order chi connectivity index (χ1) is 18.1. The van der Waals surface area contributed by atoms with Gasteiger partial charge in [0.1, 0.15) is 6.67 Å². The number of benzene rings is 2. The van der Waals surface area contributed by atoms with Crippen LogP contribution in [-0.2, 0) is 9.59 Å². The number of hydrogen-bond donors (Lipinski definition) is 0. The maximum atomic E-state index is 13.0. The Morgan fingerprint density at radius 2 is 1.10 bits per heavy atom. The van der Waals surface area contributed by atoms with Gasteiger partial charge >= 0.3 is 12.4 Å². The summed E-state index contributed by atoms with van der Waals surface area (Å²) in [6.07, 6.45) is -10.1. The Morgan fingerprint density at radius 1 is 0.744 bits per heavy atom. The molecule has 0 fully saturated rings. The van der Waals surface area contributed by atoms with Crippen molar-refractivity contribution < 1.29 is 45.8 Å². The van der Waals surface area contributed by atoms with E-state index in [0.29, 0.717) is 23.5 Å². The Balaban J connectivity index is 1.83. The molecule has 0 atom stereocenters. The van der Waals surface area contributed by atoms with Crippen molar-refractivity contribution in [3.63, 3.8) is 0 Å². The van der Waals surface area contributed by atoms with Gasteiger partial charge in [-0.1, -0.05) is 23.5 Å². The normalized spacial score (nSPS) is 17.0. The summed E-state index contributed by atoms with van der Waals surface area (Å²) in [4.78, 5) is 46.7. The number of nitro groups is 2. The van der Waals surface area contributed by atoms with Gasteiger partial charge in [0.25, 0.3) is 22.9 Å². The first kappa shape index (κ1) is 28.0. The number of fused-ring (bicyclic) bond motifs is 2. The molecule has 0 saturated carbocycles. The van der Waals surface area contributed by atoms with Crippen LogP contribution < -0.4 is 9.80 Å². The van der Waals surface area contributed by atoms with Crippen molar-refractivity contribution in [3.05, 3.63) is 78.8 Å². The molecule has 0 bridgehead atoms. The molecular formula is C21H10F6N4O6S2. The maximum absolute atomic E-state index is 13.0. The molecule has 0 unspecified atom stereocenters. The van der Waals surface area contributed by atoms with E-state index in [9.17, 15) is 56.2 Å². The van der Waals surface area contributed by atoms with Crippen LogP contribution in [0, 0.1) is 20.2 Å². The van der Waals surface area contributed by atoms with Gasteiger partial charge in [-0.25, -0.2) is 0 Å². The molecule has 0 N–H and O–H groups in total. The zero-order valence-corrected chi connectivity index (χ0v) is 20.3. The van der Waals surface area contributed by atoms with Gasteiger partial charge < -0.3 is 9.80 Å². The van der Waals surface area contributed by atoms with Crippen LogP contribution in [0.15, 0.2) is 68.4 Å². The molecule has 0 spiro atoms. The monoisotopic (exact) mass is 592 g/mol. The van der Waals surface area contributed by atoms with E-state index in [1.54, 1.807) is 0 Å². The predicted octanol–water partition coefficient (Wildman–Crippen LogP) is 5.93. The minimum Gasteiger partial charge on any atom is -0.316 e. The maximum Gasteiger partial charge on any atom is 0.454 e. The van der Waals surface area contributed by atoms with E-state index in [2.05, 4.69) is 0 Å². The zero-order chi connectivity index (χ0) is 28.9.